The first-order valence-electron chi connectivity index (χ1n) is 13.2. The maximum Gasteiger partial charge on any atom is 0.367 e. The Bertz CT molecular complexity index is 819. The zero-order valence-corrected chi connectivity index (χ0v) is 21.9. The van der Waals surface area contributed by atoms with Gasteiger partial charge < -0.3 is 14.0 Å². The van der Waals surface area contributed by atoms with E-state index in [1.54, 1.807) is 0 Å². The van der Waals surface area contributed by atoms with Gasteiger partial charge in [0.15, 0.2) is 6.04 Å². The summed E-state index contributed by atoms with van der Waals surface area (Å²) in [6, 6.07) is 18.2. The molecule has 0 fully saturated rings. The summed E-state index contributed by atoms with van der Waals surface area (Å²) >= 11 is 0. The van der Waals surface area contributed by atoms with E-state index >= 15 is 0 Å². The van der Waals surface area contributed by atoms with Crippen molar-refractivity contribution in [3.05, 3.63) is 65.7 Å². The lowest BCUT2D eigenvalue weighted by atomic mass is 10.0. The van der Waals surface area contributed by atoms with Gasteiger partial charge in [-0.05, 0) is 30.9 Å². The molecule has 0 saturated carbocycles. The van der Waals surface area contributed by atoms with E-state index in [-0.39, 0.29) is 18.8 Å². The molecule has 4 nitrogen and oxygen atoms in total. The van der Waals surface area contributed by atoms with Crippen molar-refractivity contribution in [2.24, 2.45) is 0 Å². The predicted octanol–water partition coefficient (Wildman–Crippen LogP) is 7.30. The van der Waals surface area contributed by atoms with Gasteiger partial charge in [0.1, 0.15) is 12.3 Å². The summed E-state index contributed by atoms with van der Waals surface area (Å²) in [5, 5.41) is 0. The Morgan fingerprint density at radius 2 is 1.47 bits per heavy atom. The zero-order chi connectivity index (χ0) is 24.7. The fourth-order valence-electron chi connectivity index (χ4n) is 4.56. The van der Waals surface area contributed by atoms with E-state index in [0.29, 0.717) is 4.48 Å². The molecule has 0 spiro atoms. The molecule has 34 heavy (non-hydrogen) atoms. The molecule has 1 atom stereocenters. The van der Waals surface area contributed by atoms with Crippen LogP contribution in [0.1, 0.15) is 82.8 Å². The smallest absolute Gasteiger partial charge is 0.367 e. The molecular weight excluding hydrogens is 422 g/mol. The van der Waals surface area contributed by atoms with E-state index in [9.17, 15) is 4.79 Å². The molecule has 0 saturated heterocycles. The average molecular weight is 469 g/mol. The quantitative estimate of drug-likeness (QED) is 0.106. The van der Waals surface area contributed by atoms with Crippen LogP contribution in [-0.2, 0) is 22.5 Å². The van der Waals surface area contributed by atoms with E-state index in [1.807, 2.05) is 30.3 Å². The first-order valence-corrected chi connectivity index (χ1v) is 13.2. The molecule has 0 N–H and O–H groups in total. The second-order valence-corrected chi connectivity index (χ2v) is 9.93. The third kappa shape index (κ3) is 9.89. The van der Waals surface area contributed by atoms with Crippen LogP contribution in [0.4, 0.5) is 0 Å². The predicted molar refractivity (Wildman–Crippen MR) is 141 cm³/mol. The van der Waals surface area contributed by atoms with Gasteiger partial charge in [-0.2, -0.15) is 0 Å². The van der Waals surface area contributed by atoms with Crippen LogP contribution < -0.4 is 4.74 Å². The second kappa shape index (κ2) is 15.5. The normalized spacial score (nSPS) is 12.4. The van der Waals surface area contributed by atoms with Crippen molar-refractivity contribution in [3.63, 3.8) is 0 Å². The van der Waals surface area contributed by atoms with Gasteiger partial charge in [-0.3, -0.25) is 0 Å². The minimum absolute atomic E-state index is 0.0432. The highest BCUT2D eigenvalue weighted by Crippen LogP contribution is 2.22. The molecule has 0 aliphatic heterocycles. The number of esters is 1. The summed E-state index contributed by atoms with van der Waals surface area (Å²) in [5.41, 5.74) is 2.41. The summed E-state index contributed by atoms with van der Waals surface area (Å²) < 4.78 is 12.1. The molecule has 4 heteroatoms. The molecule has 0 aromatic heterocycles. The Morgan fingerprint density at radius 3 is 2.18 bits per heavy atom. The number of carbonyl (C=O) groups excluding carboxylic acids is 1. The summed E-state index contributed by atoms with van der Waals surface area (Å²) in [7, 11) is 4.21. The molecule has 188 valence electrons. The summed E-state index contributed by atoms with van der Waals surface area (Å²) in [6.45, 7) is 5.10. The van der Waals surface area contributed by atoms with Gasteiger partial charge in [0.05, 0.1) is 14.1 Å². The highest BCUT2D eigenvalue weighted by atomic mass is 16.7. The largest absolute Gasteiger partial charge is 0.457 e. The molecule has 2 rings (SSSR count). The number of rotatable bonds is 17. The van der Waals surface area contributed by atoms with Crippen LogP contribution in [0.2, 0.25) is 0 Å². The summed E-state index contributed by atoms with van der Waals surface area (Å²) in [5.74, 6) is 0.638. The SMILES string of the molecule is CCCCCCCCCc1ccccc1OCOC(=O)C(CCC)[N+](C)(C)Cc1ccccc1. The topological polar surface area (TPSA) is 35.5 Å². The number of quaternary nitrogens is 1. The maximum absolute atomic E-state index is 13.0. The van der Waals surface area contributed by atoms with Crippen LogP contribution in [0.25, 0.3) is 0 Å². The van der Waals surface area contributed by atoms with Crippen LogP contribution in [0.5, 0.6) is 5.75 Å². The van der Waals surface area contributed by atoms with Crippen molar-refractivity contribution in [1.82, 2.24) is 0 Å². The fraction of sp³-hybridized carbons (Fsp3) is 0.567. The van der Waals surface area contributed by atoms with E-state index < -0.39 is 0 Å². The number of nitrogens with zero attached hydrogens (tertiary/aromatic N) is 1. The van der Waals surface area contributed by atoms with Gasteiger partial charge in [0.25, 0.3) is 0 Å². The first kappa shape index (κ1) is 27.9. The highest BCUT2D eigenvalue weighted by molar-refractivity contribution is 5.74. The molecule has 0 radical (unpaired) electrons. The van der Waals surface area contributed by atoms with Gasteiger partial charge in [-0.15, -0.1) is 0 Å². The van der Waals surface area contributed by atoms with Gasteiger partial charge in [0, 0.05) is 12.0 Å². The van der Waals surface area contributed by atoms with Gasteiger partial charge in [0.2, 0.25) is 6.79 Å². The number of aryl methyl sites for hydroxylation is 1. The monoisotopic (exact) mass is 468 g/mol. The molecule has 0 amide bonds. The lowest BCUT2D eigenvalue weighted by Gasteiger charge is -2.36. The van der Waals surface area contributed by atoms with Crippen LogP contribution >= 0.6 is 0 Å². The Balaban J connectivity index is 1.85. The van der Waals surface area contributed by atoms with Crippen molar-refractivity contribution >= 4 is 5.97 Å². The minimum Gasteiger partial charge on any atom is -0.457 e. The van der Waals surface area contributed by atoms with Crippen LogP contribution in [-0.4, -0.2) is 37.4 Å². The Hall–Kier alpha value is -2.33. The van der Waals surface area contributed by atoms with E-state index in [0.717, 1.165) is 38.0 Å². The fourth-order valence-corrected chi connectivity index (χ4v) is 4.56. The van der Waals surface area contributed by atoms with E-state index in [1.165, 1.54) is 49.7 Å². The average Bonchev–Trinajstić information content (AvgIpc) is 2.83. The lowest BCUT2D eigenvalue weighted by Crippen LogP contribution is -2.53. The maximum atomic E-state index is 13.0. The number of hydrogen-bond donors (Lipinski definition) is 0. The number of para-hydroxylation sites is 1. The third-order valence-corrected chi connectivity index (χ3v) is 6.55. The van der Waals surface area contributed by atoms with Crippen molar-refractivity contribution in [1.29, 1.82) is 0 Å². The standard InChI is InChI=1S/C30H46NO3/c1-5-7-8-9-10-11-15-21-27-22-16-17-23-29(27)33-25-34-30(32)28(18-6-2)31(3,4)24-26-19-13-12-14-20-26/h12-14,16-17,19-20,22-23,28H,5-11,15,18,21,24-25H2,1-4H3/q+1. The van der Waals surface area contributed by atoms with E-state index in [4.69, 9.17) is 9.47 Å². The van der Waals surface area contributed by atoms with Crippen LogP contribution in [0.3, 0.4) is 0 Å². The first-order chi connectivity index (χ1) is 16.5. The molecule has 2 aromatic rings. The number of carbonyl (C=O) groups is 1. The minimum atomic E-state index is -0.225. The molecule has 0 bridgehead atoms. The van der Waals surface area contributed by atoms with Crippen LogP contribution in [0.15, 0.2) is 54.6 Å². The number of hydrogen-bond acceptors (Lipinski definition) is 3. The van der Waals surface area contributed by atoms with Gasteiger partial charge >= 0.3 is 5.97 Å². The molecule has 2 aromatic carbocycles. The van der Waals surface area contributed by atoms with Gasteiger partial charge in [-0.1, -0.05) is 101 Å². The Labute approximate surface area is 207 Å². The van der Waals surface area contributed by atoms with E-state index in [2.05, 4.69) is 52.2 Å². The van der Waals surface area contributed by atoms with Crippen molar-refractivity contribution in [3.8, 4) is 5.75 Å². The number of unbranched alkanes of at least 4 members (excludes halogenated alkanes) is 6. The number of likely N-dealkylation sites (N-methyl/N-ethyl adjacent to an activating group) is 1. The third-order valence-electron chi connectivity index (χ3n) is 6.55. The van der Waals surface area contributed by atoms with Crippen molar-refractivity contribution < 1.29 is 18.8 Å². The van der Waals surface area contributed by atoms with Crippen molar-refractivity contribution in [2.45, 2.75) is 90.6 Å². The molecule has 0 aliphatic rings. The number of benzene rings is 2. The summed E-state index contributed by atoms with van der Waals surface area (Å²) in [4.78, 5) is 13.0. The number of ether oxygens (including phenoxy) is 2. The van der Waals surface area contributed by atoms with Crippen LogP contribution in [0, 0.1) is 0 Å². The molecule has 1 unspecified atom stereocenters. The van der Waals surface area contributed by atoms with Gasteiger partial charge in [-0.25, -0.2) is 4.79 Å². The highest BCUT2D eigenvalue weighted by Gasteiger charge is 2.35. The van der Waals surface area contributed by atoms with Crippen molar-refractivity contribution in [2.75, 3.05) is 20.9 Å². The molecule has 0 aliphatic carbocycles. The Morgan fingerprint density at radius 1 is 0.824 bits per heavy atom. The lowest BCUT2D eigenvalue weighted by molar-refractivity contribution is -0.920. The Kier molecular flexibility index (Phi) is 12.8. The second-order valence-electron chi connectivity index (χ2n) is 9.93. The zero-order valence-electron chi connectivity index (χ0n) is 21.9. The summed E-state index contributed by atoms with van der Waals surface area (Å²) in [6.07, 6.45) is 11.7. The molecule has 0 heterocycles. The molecular formula is C30H46NO3+.